The monoisotopic (exact) mass is 481 g/mol. The predicted octanol–water partition coefficient (Wildman–Crippen LogP) is 3.63. The van der Waals surface area contributed by atoms with E-state index < -0.39 is 6.10 Å². The van der Waals surface area contributed by atoms with Crippen LogP contribution in [0.2, 0.25) is 0 Å². The van der Waals surface area contributed by atoms with Gasteiger partial charge in [-0.05, 0) is 67.3 Å². The molecule has 0 spiro atoms. The first kappa shape index (κ1) is 24.8. The molecule has 0 saturated heterocycles. The summed E-state index contributed by atoms with van der Waals surface area (Å²) in [6, 6.07) is 15.5. The first-order valence-corrected chi connectivity index (χ1v) is 11.6. The van der Waals surface area contributed by atoms with Gasteiger partial charge in [-0.3, -0.25) is 14.4 Å². The molecule has 2 aromatic carbocycles. The molecule has 34 heavy (non-hydrogen) atoms. The maximum Gasteiger partial charge on any atom is 0.265 e. The van der Waals surface area contributed by atoms with E-state index in [9.17, 15) is 14.4 Å². The van der Waals surface area contributed by atoms with Gasteiger partial charge in [-0.1, -0.05) is 12.1 Å². The number of ether oxygens (including phenoxy) is 2. The minimum atomic E-state index is -0.760. The molecule has 1 unspecified atom stereocenters. The van der Waals surface area contributed by atoms with E-state index in [0.29, 0.717) is 40.7 Å². The Kier molecular flexibility index (Phi) is 8.64. The molecule has 1 aromatic heterocycles. The molecule has 0 saturated carbocycles. The second-order valence-electron chi connectivity index (χ2n) is 7.47. The third-order valence-electron chi connectivity index (χ3n) is 4.85. The molecule has 8 nitrogen and oxygen atoms in total. The Balaban J connectivity index is 1.45. The molecule has 0 aliphatic carbocycles. The van der Waals surface area contributed by atoms with Crippen LogP contribution in [0.3, 0.4) is 0 Å². The van der Waals surface area contributed by atoms with Gasteiger partial charge in [-0.25, -0.2) is 0 Å². The third kappa shape index (κ3) is 6.82. The van der Waals surface area contributed by atoms with Crippen LogP contribution < -0.4 is 25.4 Å². The Morgan fingerprint density at radius 1 is 0.941 bits per heavy atom. The number of hydrogen-bond donors (Lipinski definition) is 3. The lowest BCUT2D eigenvalue weighted by Crippen LogP contribution is -2.34. The summed E-state index contributed by atoms with van der Waals surface area (Å²) in [6.07, 6.45) is -0.760. The molecule has 0 radical (unpaired) electrons. The second-order valence-corrected chi connectivity index (χ2v) is 8.42. The number of carbonyl (C=O) groups excluding carboxylic acids is 3. The Morgan fingerprint density at radius 2 is 1.65 bits per heavy atom. The van der Waals surface area contributed by atoms with Crippen LogP contribution in [-0.2, 0) is 4.79 Å². The largest absolute Gasteiger partial charge is 0.493 e. The molecule has 3 rings (SSSR count). The molecule has 0 aliphatic heterocycles. The van der Waals surface area contributed by atoms with Crippen molar-refractivity contribution in [3.8, 4) is 11.5 Å². The molecule has 178 valence electrons. The molecule has 0 aliphatic rings. The van der Waals surface area contributed by atoms with E-state index in [2.05, 4.69) is 16.0 Å². The van der Waals surface area contributed by atoms with Crippen molar-refractivity contribution in [1.82, 2.24) is 10.6 Å². The third-order valence-corrected chi connectivity index (χ3v) is 5.72. The van der Waals surface area contributed by atoms with E-state index in [0.717, 1.165) is 5.56 Å². The lowest BCUT2D eigenvalue weighted by Gasteiger charge is -2.17. The van der Waals surface area contributed by atoms with Crippen LogP contribution in [0.5, 0.6) is 11.5 Å². The molecule has 0 fully saturated rings. The number of methoxy groups -OCH3 is 1. The second kappa shape index (κ2) is 11.9. The highest BCUT2D eigenvalue weighted by atomic mass is 32.1. The van der Waals surface area contributed by atoms with Gasteiger partial charge >= 0.3 is 0 Å². The van der Waals surface area contributed by atoms with Crippen molar-refractivity contribution in [3.63, 3.8) is 0 Å². The van der Waals surface area contributed by atoms with E-state index in [4.69, 9.17) is 9.47 Å². The zero-order chi connectivity index (χ0) is 24.5. The Morgan fingerprint density at radius 3 is 2.29 bits per heavy atom. The van der Waals surface area contributed by atoms with Crippen LogP contribution in [0.15, 0.2) is 60.0 Å². The number of thiophene rings is 1. The molecule has 3 N–H and O–H groups in total. The van der Waals surface area contributed by atoms with E-state index >= 15 is 0 Å². The van der Waals surface area contributed by atoms with E-state index in [1.807, 2.05) is 30.5 Å². The lowest BCUT2D eigenvalue weighted by molar-refractivity contribution is -0.122. The summed E-state index contributed by atoms with van der Waals surface area (Å²) in [6.45, 7) is 4.20. The summed E-state index contributed by atoms with van der Waals surface area (Å²) in [5, 5.41) is 10.1. The number of aryl methyl sites for hydroxylation is 1. The normalized spacial score (nSPS) is 11.3. The topological polar surface area (TPSA) is 106 Å². The summed E-state index contributed by atoms with van der Waals surface area (Å²) in [5.41, 5.74) is 2.00. The maximum absolute atomic E-state index is 12.5. The zero-order valence-electron chi connectivity index (χ0n) is 19.2. The van der Waals surface area contributed by atoms with Crippen molar-refractivity contribution >= 4 is 34.7 Å². The van der Waals surface area contributed by atoms with E-state index in [1.165, 1.54) is 11.3 Å². The van der Waals surface area contributed by atoms with Gasteiger partial charge in [0.25, 0.3) is 17.7 Å². The molecule has 3 aromatic rings. The number of rotatable bonds is 10. The van der Waals surface area contributed by atoms with Gasteiger partial charge in [-0.2, -0.15) is 0 Å². The van der Waals surface area contributed by atoms with Gasteiger partial charge in [-0.15, -0.1) is 11.3 Å². The molecule has 1 heterocycles. The van der Waals surface area contributed by atoms with Crippen molar-refractivity contribution in [2.45, 2.75) is 20.0 Å². The van der Waals surface area contributed by atoms with Gasteiger partial charge < -0.3 is 25.4 Å². The van der Waals surface area contributed by atoms with Crippen LogP contribution in [0, 0.1) is 6.92 Å². The quantitative estimate of drug-likeness (QED) is 0.384. The van der Waals surface area contributed by atoms with Crippen molar-refractivity contribution in [1.29, 1.82) is 0 Å². The van der Waals surface area contributed by atoms with Gasteiger partial charge in [0.15, 0.2) is 17.6 Å². The Hall–Kier alpha value is -3.85. The van der Waals surface area contributed by atoms with Gasteiger partial charge in [0.2, 0.25) is 0 Å². The summed E-state index contributed by atoms with van der Waals surface area (Å²) in [4.78, 5) is 37.3. The Bertz CT molecular complexity index is 1130. The average molecular weight is 482 g/mol. The minimum absolute atomic E-state index is 0.164. The van der Waals surface area contributed by atoms with Crippen LogP contribution >= 0.6 is 11.3 Å². The molecule has 3 amide bonds. The number of anilines is 1. The highest BCUT2D eigenvalue weighted by molar-refractivity contribution is 7.12. The SMILES string of the molecule is COc1cc(C)ccc1OC(C)C(=O)Nc1ccc(C(=O)NCCNC(=O)c2cccs2)cc1. The summed E-state index contributed by atoms with van der Waals surface area (Å²) >= 11 is 1.36. The standard InChI is InChI=1S/C25H27N3O5S/c1-16-6-11-20(21(15-16)32-3)33-17(2)23(29)28-19-9-7-18(8-10-19)24(30)26-12-13-27-25(31)22-5-4-14-34-22/h4-11,14-15,17H,12-13H2,1-3H3,(H,26,30)(H,27,31)(H,28,29). The van der Waals surface area contributed by atoms with Crippen LogP contribution in [0.1, 0.15) is 32.5 Å². The molecular weight excluding hydrogens is 454 g/mol. The summed E-state index contributed by atoms with van der Waals surface area (Å²) in [7, 11) is 1.55. The number of hydrogen-bond acceptors (Lipinski definition) is 6. The minimum Gasteiger partial charge on any atom is -0.493 e. The molecule has 0 bridgehead atoms. The van der Waals surface area contributed by atoms with Crippen LogP contribution in [-0.4, -0.2) is 44.0 Å². The first-order chi connectivity index (χ1) is 16.4. The van der Waals surface area contributed by atoms with Gasteiger partial charge in [0.05, 0.1) is 12.0 Å². The smallest absolute Gasteiger partial charge is 0.265 e. The number of amides is 3. The summed E-state index contributed by atoms with van der Waals surface area (Å²) < 4.78 is 11.1. The number of carbonyl (C=O) groups is 3. The lowest BCUT2D eigenvalue weighted by atomic mass is 10.2. The van der Waals surface area contributed by atoms with E-state index in [1.54, 1.807) is 50.4 Å². The average Bonchev–Trinajstić information content (AvgIpc) is 3.38. The summed E-state index contributed by atoms with van der Waals surface area (Å²) in [5.74, 6) is 0.270. The fourth-order valence-electron chi connectivity index (χ4n) is 3.01. The van der Waals surface area contributed by atoms with E-state index in [-0.39, 0.29) is 17.7 Å². The fourth-order valence-corrected chi connectivity index (χ4v) is 3.65. The van der Waals surface area contributed by atoms with Crippen molar-refractivity contribution in [2.75, 3.05) is 25.5 Å². The van der Waals surface area contributed by atoms with Crippen molar-refractivity contribution in [2.24, 2.45) is 0 Å². The van der Waals surface area contributed by atoms with Crippen molar-refractivity contribution in [3.05, 3.63) is 76.0 Å². The fraction of sp³-hybridized carbons (Fsp3) is 0.240. The molecule has 9 heteroatoms. The maximum atomic E-state index is 12.5. The number of benzene rings is 2. The molecular formula is C25H27N3O5S. The van der Waals surface area contributed by atoms with Crippen LogP contribution in [0.25, 0.3) is 0 Å². The molecule has 1 atom stereocenters. The number of nitrogens with one attached hydrogen (secondary N) is 3. The first-order valence-electron chi connectivity index (χ1n) is 10.7. The predicted molar refractivity (Wildman–Crippen MR) is 132 cm³/mol. The van der Waals surface area contributed by atoms with Crippen molar-refractivity contribution < 1.29 is 23.9 Å². The Labute approximate surface area is 202 Å². The highest BCUT2D eigenvalue weighted by Crippen LogP contribution is 2.28. The van der Waals surface area contributed by atoms with Gasteiger partial charge in [0.1, 0.15) is 0 Å². The highest BCUT2D eigenvalue weighted by Gasteiger charge is 2.17. The van der Waals surface area contributed by atoms with Crippen LogP contribution in [0.4, 0.5) is 5.69 Å². The van der Waals surface area contributed by atoms with Gasteiger partial charge in [0, 0.05) is 24.3 Å². The zero-order valence-corrected chi connectivity index (χ0v) is 20.0.